The summed E-state index contributed by atoms with van der Waals surface area (Å²) < 4.78 is 0. The summed E-state index contributed by atoms with van der Waals surface area (Å²) in [6.07, 6.45) is 11.6. The molecule has 0 aliphatic rings. The summed E-state index contributed by atoms with van der Waals surface area (Å²) in [7, 11) is -0.819. The highest BCUT2D eigenvalue weighted by molar-refractivity contribution is 6.76. The molecule has 0 fully saturated rings. The Hall–Kier alpha value is -0.0431. The molecule has 0 bridgehead atoms. The molecule has 0 aromatic rings. The molecule has 0 N–H and O–H groups in total. The van der Waals surface area contributed by atoms with E-state index in [1.165, 1.54) is 38.1 Å². The maximum absolute atomic E-state index is 2.43. The summed E-state index contributed by atoms with van der Waals surface area (Å²) in [6.45, 7) is 9.54. The fourth-order valence-corrected chi connectivity index (χ4v) is 2.12. The van der Waals surface area contributed by atoms with E-state index < -0.39 is 8.07 Å². The third-order valence-electron chi connectivity index (χ3n) is 2.12. The Morgan fingerprint density at radius 3 is 2.15 bits per heavy atom. The van der Waals surface area contributed by atoms with Crippen LogP contribution in [0.3, 0.4) is 0 Å². The Morgan fingerprint density at radius 1 is 0.923 bits per heavy atom. The molecular formula is C12H26Si. The highest BCUT2D eigenvalue weighted by atomic mass is 28.3. The van der Waals surface area contributed by atoms with Crippen molar-refractivity contribution >= 4 is 8.07 Å². The molecule has 78 valence electrons. The van der Waals surface area contributed by atoms with Crippen molar-refractivity contribution in [1.82, 2.24) is 0 Å². The molecule has 0 spiro atoms. The van der Waals surface area contributed by atoms with Crippen molar-refractivity contribution in [2.75, 3.05) is 0 Å². The van der Waals surface area contributed by atoms with Gasteiger partial charge in [-0.25, -0.2) is 0 Å². The molecule has 0 radical (unpaired) electrons. The lowest BCUT2D eigenvalue weighted by Crippen LogP contribution is -2.17. The first-order valence-corrected chi connectivity index (χ1v) is 9.42. The Morgan fingerprint density at radius 2 is 1.62 bits per heavy atom. The molecule has 0 aromatic carbocycles. The van der Waals surface area contributed by atoms with Gasteiger partial charge in [0.25, 0.3) is 0 Å². The molecule has 0 atom stereocenters. The molecule has 0 nitrogen and oxygen atoms in total. The Bertz CT molecular complexity index is 131. The quantitative estimate of drug-likeness (QED) is 0.312. The third kappa shape index (κ3) is 12.0. The molecule has 0 aromatic heterocycles. The van der Waals surface area contributed by atoms with Crippen molar-refractivity contribution in [1.29, 1.82) is 0 Å². The van der Waals surface area contributed by atoms with Gasteiger partial charge in [-0.05, 0) is 18.9 Å². The number of allylic oxidation sites excluding steroid dienone is 2. The second-order valence-corrected chi connectivity index (χ2v) is 10.6. The smallest absolute Gasteiger partial charge is 0.0480 e. The van der Waals surface area contributed by atoms with Gasteiger partial charge in [-0.2, -0.15) is 0 Å². The van der Waals surface area contributed by atoms with E-state index in [4.69, 9.17) is 0 Å². The van der Waals surface area contributed by atoms with Crippen LogP contribution in [0.1, 0.15) is 39.0 Å². The molecule has 0 aliphatic heterocycles. The predicted molar refractivity (Wildman–Crippen MR) is 66.1 cm³/mol. The summed E-state index contributed by atoms with van der Waals surface area (Å²) in [5, 5.41) is 0. The Balaban J connectivity index is 3.22. The van der Waals surface area contributed by atoms with Gasteiger partial charge in [0.15, 0.2) is 0 Å². The van der Waals surface area contributed by atoms with Crippen LogP contribution in [-0.4, -0.2) is 8.07 Å². The van der Waals surface area contributed by atoms with Crippen LogP contribution in [0.4, 0.5) is 0 Å². The number of hydrogen-bond donors (Lipinski definition) is 0. The molecule has 0 aliphatic carbocycles. The van der Waals surface area contributed by atoms with Crippen molar-refractivity contribution in [3.63, 3.8) is 0 Å². The zero-order valence-corrected chi connectivity index (χ0v) is 10.9. The van der Waals surface area contributed by atoms with Gasteiger partial charge in [-0.3, -0.25) is 0 Å². The number of hydrogen-bond acceptors (Lipinski definition) is 0. The van der Waals surface area contributed by atoms with Gasteiger partial charge in [-0.15, -0.1) is 0 Å². The van der Waals surface area contributed by atoms with E-state index in [1.807, 2.05) is 0 Å². The van der Waals surface area contributed by atoms with E-state index >= 15 is 0 Å². The summed E-state index contributed by atoms with van der Waals surface area (Å²) in [4.78, 5) is 0. The van der Waals surface area contributed by atoms with Gasteiger partial charge in [-0.1, -0.05) is 58.0 Å². The van der Waals surface area contributed by atoms with Gasteiger partial charge >= 0.3 is 0 Å². The SMILES string of the molecule is CCCCCC/C=C/C[Si](C)(C)C. The molecule has 0 heterocycles. The van der Waals surface area contributed by atoms with E-state index in [2.05, 4.69) is 38.7 Å². The zero-order chi connectivity index (χ0) is 10.2. The minimum atomic E-state index is -0.819. The molecule has 0 saturated carbocycles. The molecule has 1 heteroatoms. The zero-order valence-electron chi connectivity index (χ0n) is 9.90. The van der Waals surface area contributed by atoms with Crippen molar-refractivity contribution in [3.05, 3.63) is 12.2 Å². The first kappa shape index (κ1) is 13.0. The van der Waals surface area contributed by atoms with Gasteiger partial charge in [0, 0.05) is 8.07 Å². The van der Waals surface area contributed by atoms with Gasteiger partial charge in [0.1, 0.15) is 0 Å². The van der Waals surface area contributed by atoms with E-state index in [1.54, 1.807) is 0 Å². The van der Waals surface area contributed by atoms with E-state index in [9.17, 15) is 0 Å². The normalized spacial score (nSPS) is 12.6. The van der Waals surface area contributed by atoms with Crippen LogP contribution in [0.25, 0.3) is 0 Å². The fraction of sp³-hybridized carbons (Fsp3) is 0.833. The summed E-state index contributed by atoms with van der Waals surface area (Å²) in [5.74, 6) is 0. The maximum atomic E-state index is 2.43. The lowest BCUT2D eigenvalue weighted by atomic mass is 10.1. The highest BCUT2D eigenvalue weighted by Gasteiger charge is 2.08. The molecule has 0 amide bonds. The van der Waals surface area contributed by atoms with Gasteiger partial charge in [0.05, 0.1) is 0 Å². The molecular weight excluding hydrogens is 172 g/mol. The predicted octanol–water partition coefficient (Wildman–Crippen LogP) is 4.85. The summed E-state index contributed by atoms with van der Waals surface area (Å²) in [5.41, 5.74) is 0. The Kier molecular flexibility index (Phi) is 7.34. The molecule has 0 unspecified atom stereocenters. The first-order chi connectivity index (χ1) is 6.06. The summed E-state index contributed by atoms with van der Waals surface area (Å²) >= 11 is 0. The topological polar surface area (TPSA) is 0 Å². The third-order valence-corrected chi connectivity index (χ3v) is 3.58. The van der Waals surface area contributed by atoms with Gasteiger partial charge in [0.2, 0.25) is 0 Å². The molecule has 0 rings (SSSR count). The standard InChI is InChI=1S/C12H26Si/c1-5-6-7-8-9-10-11-12-13(2,3)4/h10-11H,5-9,12H2,1-4H3/b11-10+. The van der Waals surface area contributed by atoms with Crippen LogP contribution in [0, 0.1) is 0 Å². The van der Waals surface area contributed by atoms with Crippen molar-refractivity contribution < 1.29 is 0 Å². The van der Waals surface area contributed by atoms with Crippen LogP contribution in [-0.2, 0) is 0 Å². The van der Waals surface area contributed by atoms with Gasteiger partial charge < -0.3 is 0 Å². The molecule has 0 saturated heterocycles. The van der Waals surface area contributed by atoms with Crippen LogP contribution < -0.4 is 0 Å². The van der Waals surface area contributed by atoms with Crippen LogP contribution >= 0.6 is 0 Å². The van der Waals surface area contributed by atoms with Crippen LogP contribution in [0.15, 0.2) is 12.2 Å². The average molecular weight is 198 g/mol. The monoisotopic (exact) mass is 198 g/mol. The van der Waals surface area contributed by atoms with Crippen molar-refractivity contribution in [2.24, 2.45) is 0 Å². The highest BCUT2D eigenvalue weighted by Crippen LogP contribution is 2.09. The van der Waals surface area contributed by atoms with Crippen LogP contribution in [0.2, 0.25) is 25.7 Å². The van der Waals surface area contributed by atoms with Crippen LogP contribution in [0.5, 0.6) is 0 Å². The van der Waals surface area contributed by atoms with Crippen molar-refractivity contribution in [3.8, 4) is 0 Å². The largest absolute Gasteiger partial charge is 0.0912 e. The second-order valence-electron chi connectivity index (χ2n) is 5.09. The lowest BCUT2D eigenvalue weighted by Gasteiger charge is -2.11. The summed E-state index contributed by atoms with van der Waals surface area (Å²) in [6, 6.07) is 1.35. The minimum Gasteiger partial charge on any atom is -0.0912 e. The van der Waals surface area contributed by atoms with E-state index in [-0.39, 0.29) is 0 Å². The Labute approximate surface area is 85.4 Å². The van der Waals surface area contributed by atoms with E-state index in [0.29, 0.717) is 0 Å². The molecule has 13 heavy (non-hydrogen) atoms. The second kappa shape index (κ2) is 7.37. The average Bonchev–Trinajstić information content (AvgIpc) is 2.01. The lowest BCUT2D eigenvalue weighted by molar-refractivity contribution is 0.674. The first-order valence-electron chi connectivity index (χ1n) is 5.71. The fourth-order valence-electron chi connectivity index (χ4n) is 1.24. The van der Waals surface area contributed by atoms with E-state index in [0.717, 1.165) is 0 Å². The maximum Gasteiger partial charge on any atom is 0.0480 e. The van der Waals surface area contributed by atoms with Crippen molar-refractivity contribution in [2.45, 2.75) is 64.7 Å². The number of unbranched alkanes of at least 4 members (excludes halogenated alkanes) is 4. The number of rotatable bonds is 7. The minimum absolute atomic E-state index is 0.819.